The molecule has 0 aliphatic rings. The van der Waals surface area contributed by atoms with E-state index >= 15 is 0 Å². The van der Waals surface area contributed by atoms with E-state index in [1.54, 1.807) is 0 Å². The topological polar surface area (TPSA) is 15.3 Å². The van der Waals surface area contributed by atoms with Crippen molar-refractivity contribution in [3.63, 3.8) is 0 Å². The zero-order valence-corrected chi connectivity index (χ0v) is 13.7. The molecular formula is C17H30N2. The fourth-order valence-electron chi connectivity index (χ4n) is 2.73. The van der Waals surface area contributed by atoms with Crippen molar-refractivity contribution >= 4 is 0 Å². The Morgan fingerprint density at radius 2 is 1.84 bits per heavy atom. The fourth-order valence-corrected chi connectivity index (χ4v) is 2.73. The van der Waals surface area contributed by atoms with Gasteiger partial charge in [0.1, 0.15) is 0 Å². The van der Waals surface area contributed by atoms with Gasteiger partial charge >= 0.3 is 0 Å². The minimum Gasteiger partial charge on any atom is -0.309 e. The summed E-state index contributed by atoms with van der Waals surface area (Å²) in [6.07, 6.45) is 1.12. The first-order valence-corrected chi connectivity index (χ1v) is 7.35. The van der Waals surface area contributed by atoms with Gasteiger partial charge in [-0.05, 0) is 64.5 Å². The molecule has 0 amide bonds. The predicted octanol–water partition coefficient (Wildman–Crippen LogP) is 3.68. The van der Waals surface area contributed by atoms with E-state index in [4.69, 9.17) is 0 Å². The molecular weight excluding hydrogens is 232 g/mol. The van der Waals surface area contributed by atoms with Gasteiger partial charge in [0.25, 0.3) is 0 Å². The number of hydrogen-bond acceptors (Lipinski definition) is 2. The highest BCUT2D eigenvalue weighted by Crippen LogP contribution is 2.34. The minimum absolute atomic E-state index is 0.120. The van der Waals surface area contributed by atoms with E-state index in [2.05, 4.69) is 77.1 Å². The summed E-state index contributed by atoms with van der Waals surface area (Å²) in [6, 6.07) is 7.00. The summed E-state index contributed by atoms with van der Waals surface area (Å²) in [5.74, 6) is 0. The number of nitrogens with zero attached hydrogens (tertiary/aromatic N) is 1. The van der Waals surface area contributed by atoms with Crippen molar-refractivity contribution < 1.29 is 0 Å². The van der Waals surface area contributed by atoms with Crippen molar-refractivity contribution in [3.05, 3.63) is 34.9 Å². The molecule has 0 saturated carbocycles. The Labute approximate surface area is 119 Å². The zero-order chi connectivity index (χ0) is 14.6. The van der Waals surface area contributed by atoms with Gasteiger partial charge in [0, 0.05) is 5.54 Å². The highest BCUT2D eigenvalue weighted by atomic mass is 15.2. The monoisotopic (exact) mass is 262 g/mol. The number of aryl methyl sites for hydroxylation is 1. The van der Waals surface area contributed by atoms with Gasteiger partial charge in [-0.25, -0.2) is 0 Å². The van der Waals surface area contributed by atoms with E-state index in [0.29, 0.717) is 6.04 Å². The van der Waals surface area contributed by atoms with Crippen LogP contribution in [0.25, 0.3) is 0 Å². The second-order valence-corrected chi connectivity index (χ2v) is 5.88. The van der Waals surface area contributed by atoms with Crippen LogP contribution in [0.15, 0.2) is 18.2 Å². The first-order chi connectivity index (χ1) is 8.88. The highest BCUT2D eigenvalue weighted by Gasteiger charge is 2.36. The van der Waals surface area contributed by atoms with Crippen LogP contribution in [0.4, 0.5) is 0 Å². The first kappa shape index (κ1) is 16.2. The second kappa shape index (κ2) is 6.53. The van der Waals surface area contributed by atoms with Crippen molar-refractivity contribution in [2.45, 2.75) is 52.6 Å². The van der Waals surface area contributed by atoms with Gasteiger partial charge in [-0.3, -0.25) is 0 Å². The van der Waals surface area contributed by atoms with Gasteiger partial charge in [-0.2, -0.15) is 0 Å². The maximum Gasteiger partial charge on any atom is 0.0506 e. The van der Waals surface area contributed by atoms with Gasteiger partial charge in [0.15, 0.2) is 0 Å². The Morgan fingerprint density at radius 3 is 2.32 bits per heavy atom. The Morgan fingerprint density at radius 1 is 1.21 bits per heavy atom. The molecule has 0 heterocycles. The van der Waals surface area contributed by atoms with Crippen LogP contribution in [0.1, 0.15) is 49.9 Å². The smallest absolute Gasteiger partial charge is 0.0506 e. The Bertz CT molecular complexity index is 412. The van der Waals surface area contributed by atoms with E-state index in [1.807, 2.05) is 0 Å². The molecule has 2 atom stereocenters. The summed E-state index contributed by atoms with van der Waals surface area (Å²) >= 11 is 0. The highest BCUT2D eigenvalue weighted by molar-refractivity contribution is 5.37. The van der Waals surface area contributed by atoms with Crippen LogP contribution >= 0.6 is 0 Å². The van der Waals surface area contributed by atoms with Gasteiger partial charge in [0.05, 0.1) is 6.04 Å². The maximum atomic E-state index is 3.70. The lowest BCUT2D eigenvalue weighted by molar-refractivity contribution is 0.113. The zero-order valence-electron chi connectivity index (χ0n) is 13.7. The van der Waals surface area contributed by atoms with Crippen LogP contribution in [0.2, 0.25) is 0 Å². The third-order valence-electron chi connectivity index (χ3n) is 4.73. The Kier molecular flexibility index (Phi) is 5.57. The van der Waals surface area contributed by atoms with Crippen molar-refractivity contribution in [1.82, 2.24) is 10.2 Å². The molecule has 0 radical (unpaired) electrons. The van der Waals surface area contributed by atoms with Gasteiger partial charge < -0.3 is 10.2 Å². The minimum atomic E-state index is 0.120. The number of benzene rings is 1. The van der Waals surface area contributed by atoms with Crippen LogP contribution in [0, 0.1) is 13.8 Å². The summed E-state index contributed by atoms with van der Waals surface area (Å²) in [4.78, 5) is 2.35. The molecule has 2 unspecified atom stereocenters. The molecule has 1 N–H and O–H groups in total. The largest absolute Gasteiger partial charge is 0.309 e. The average Bonchev–Trinajstić information content (AvgIpc) is 2.38. The van der Waals surface area contributed by atoms with Crippen LogP contribution in [-0.4, -0.2) is 31.1 Å². The van der Waals surface area contributed by atoms with Crippen molar-refractivity contribution in [3.8, 4) is 0 Å². The number of nitrogens with one attached hydrogen (secondary N) is 1. The predicted molar refractivity (Wildman–Crippen MR) is 84.7 cm³/mol. The first-order valence-electron chi connectivity index (χ1n) is 7.35. The van der Waals surface area contributed by atoms with E-state index in [0.717, 1.165) is 13.0 Å². The Balaban J connectivity index is 3.31. The van der Waals surface area contributed by atoms with E-state index < -0.39 is 0 Å². The molecule has 0 aliphatic heterocycles. The molecule has 0 spiro atoms. The lowest BCUT2D eigenvalue weighted by Crippen LogP contribution is -2.51. The average molecular weight is 262 g/mol. The van der Waals surface area contributed by atoms with Crippen molar-refractivity contribution in [2.24, 2.45) is 0 Å². The van der Waals surface area contributed by atoms with E-state index in [-0.39, 0.29) is 5.54 Å². The molecule has 19 heavy (non-hydrogen) atoms. The van der Waals surface area contributed by atoms with Gasteiger partial charge in [0.2, 0.25) is 0 Å². The summed E-state index contributed by atoms with van der Waals surface area (Å²) in [5, 5.41) is 3.70. The van der Waals surface area contributed by atoms with Crippen LogP contribution in [0.3, 0.4) is 0 Å². The molecule has 2 heteroatoms. The quantitative estimate of drug-likeness (QED) is 0.841. The molecule has 0 fully saturated rings. The molecule has 0 aliphatic carbocycles. The summed E-state index contributed by atoms with van der Waals surface area (Å²) in [6.45, 7) is 12.2. The fraction of sp³-hybridized carbons (Fsp3) is 0.647. The Hall–Kier alpha value is -0.860. The van der Waals surface area contributed by atoms with E-state index in [1.165, 1.54) is 16.7 Å². The molecule has 0 bridgehead atoms. The van der Waals surface area contributed by atoms with Crippen LogP contribution in [0.5, 0.6) is 0 Å². The molecule has 2 nitrogen and oxygen atoms in total. The molecule has 108 valence electrons. The number of hydrogen-bond donors (Lipinski definition) is 1. The second-order valence-electron chi connectivity index (χ2n) is 5.88. The number of rotatable bonds is 6. The maximum absolute atomic E-state index is 3.70. The van der Waals surface area contributed by atoms with Crippen LogP contribution in [-0.2, 0) is 0 Å². The van der Waals surface area contributed by atoms with Crippen molar-refractivity contribution in [2.75, 3.05) is 20.6 Å². The molecule has 0 aromatic heterocycles. The summed E-state index contributed by atoms with van der Waals surface area (Å²) < 4.78 is 0. The molecule has 1 rings (SSSR count). The SMILES string of the molecule is CCNC(c1cccc(C)c1C)C(C)(CC)N(C)C. The van der Waals surface area contributed by atoms with Gasteiger partial charge in [-0.1, -0.05) is 32.0 Å². The normalized spacial score (nSPS) is 16.4. The molecule has 0 saturated heterocycles. The van der Waals surface area contributed by atoms with Gasteiger partial charge in [-0.15, -0.1) is 0 Å². The number of likely N-dealkylation sites (N-methyl/N-ethyl adjacent to an activating group) is 2. The molecule has 1 aromatic carbocycles. The van der Waals surface area contributed by atoms with Crippen molar-refractivity contribution in [1.29, 1.82) is 0 Å². The standard InChI is InChI=1S/C17H30N2/c1-8-17(5,19(6)7)16(18-9-2)15-12-10-11-13(3)14(15)4/h10-12,16,18H,8-9H2,1-7H3. The third-order valence-corrected chi connectivity index (χ3v) is 4.73. The van der Waals surface area contributed by atoms with E-state index in [9.17, 15) is 0 Å². The lowest BCUT2D eigenvalue weighted by atomic mass is 9.81. The summed E-state index contributed by atoms with van der Waals surface area (Å²) in [7, 11) is 4.36. The molecule has 1 aromatic rings. The third kappa shape index (κ3) is 3.18. The lowest BCUT2D eigenvalue weighted by Gasteiger charge is -2.44. The summed E-state index contributed by atoms with van der Waals surface area (Å²) in [5.41, 5.74) is 4.33. The van der Waals surface area contributed by atoms with Crippen LogP contribution < -0.4 is 5.32 Å².